The van der Waals surface area contributed by atoms with Crippen molar-refractivity contribution in [3.63, 3.8) is 0 Å². The van der Waals surface area contributed by atoms with Crippen molar-refractivity contribution in [1.29, 1.82) is 0 Å². The third-order valence-electron chi connectivity index (χ3n) is 4.97. The highest BCUT2D eigenvalue weighted by atomic mass is 32.1. The van der Waals surface area contributed by atoms with E-state index in [2.05, 4.69) is 9.97 Å². The van der Waals surface area contributed by atoms with Gasteiger partial charge in [0.05, 0.1) is 31.0 Å². The Kier molecular flexibility index (Phi) is 5.47. The van der Waals surface area contributed by atoms with Crippen molar-refractivity contribution in [3.8, 4) is 10.6 Å². The molecule has 2 aromatic rings. The van der Waals surface area contributed by atoms with E-state index >= 15 is 0 Å². The summed E-state index contributed by atoms with van der Waals surface area (Å²) in [6.45, 7) is 8.50. The van der Waals surface area contributed by atoms with E-state index in [0.29, 0.717) is 23.8 Å². The molecule has 0 amide bonds. The van der Waals surface area contributed by atoms with Crippen molar-refractivity contribution >= 4 is 17.2 Å². The topological polar surface area (TPSA) is 111 Å². The molecule has 0 spiro atoms. The number of hydrogen-bond acceptors (Lipinski definition) is 9. The van der Waals surface area contributed by atoms with Crippen LogP contribution >= 0.6 is 11.3 Å². The van der Waals surface area contributed by atoms with Gasteiger partial charge in [-0.2, -0.15) is 4.98 Å². The molecule has 4 rings (SSSR count). The zero-order valence-corrected chi connectivity index (χ0v) is 17.7. The van der Waals surface area contributed by atoms with Gasteiger partial charge in [0.1, 0.15) is 28.6 Å². The molecule has 29 heavy (non-hydrogen) atoms. The van der Waals surface area contributed by atoms with Gasteiger partial charge in [-0.1, -0.05) is 0 Å². The molecule has 10 heteroatoms. The highest BCUT2D eigenvalue weighted by Gasteiger charge is 2.63. The SMILES string of the molecule is CC(C)OC[C@@]12CO[C@@H]([C@H](n3cc(-c4nccs4)c(N)nc3=O)O1)[C@@H]2OC(C)C. The van der Waals surface area contributed by atoms with Gasteiger partial charge in [0.2, 0.25) is 0 Å². The normalized spacial score (nSPS) is 28.7. The molecule has 0 saturated carbocycles. The molecule has 4 heterocycles. The summed E-state index contributed by atoms with van der Waals surface area (Å²) in [5, 5.41) is 2.52. The van der Waals surface area contributed by atoms with E-state index in [4.69, 9.17) is 24.7 Å². The summed E-state index contributed by atoms with van der Waals surface area (Å²) in [5.41, 5.74) is 5.27. The molecule has 4 atom stereocenters. The maximum absolute atomic E-state index is 12.7. The average Bonchev–Trinajstić information content (AvgIpc) is 3.35. The number of anilines is 1. The molecule has 0 aromatic carbocycles. The maximum atomic E-state index is 12.7. The van der Waals surface area contributed by atoms with Crippen LogP contribution in [0, 0.1) is 0 Å². The lowest BCUT2D eigenvalue weighted by molar-refractivity contribution is -0.200. The summed E-state index contributed by atoms with van der Waals surface area (Å²) >= 11 is 1.42. The van der Waals surface area contributed by atoms with Gasteiger partial charge < -0.3 is 24.7 Å². The summed E-state index contributed by atoms with van der Waals surface area (Å²) in [6, 6.07) is 0. The minimum Gasteiger partial charge on any atom is -0.383 e. The van der Waals surface area contributed by atoms with Crippen LogP contribution in [0.15, 0.2) is 22.6 Å². The first-order valence-corrected chi connectivity index (χ1v) is 10.5. The molecule has 2 fully saturated rings. The highest BCUT2D eigenvalue weighted by molar-refractivity contribution is 7.13. The Bertz CT molecular complexity index is 916. The number of nitrogen functional groups attached to an aromatic ring is 1. The summed E-state index contributed by atoms with van der Waals surface area (Å²) in [6.07, 6.45) is 1.81. The lowest BCUT2D eigenvalue weighted by Gasteiger charge is -2.32. The summed E-state index contributed by atoms with van der Waals surface area (Å²) < 4.78 is 25.8. The minimum atomic E-state index is -0.786. The molecule has 2 aliphatic rings. The number of nitrogens with zero attached hydrogens (tertiary/aromatic N) is 3. The van der Waals surface area contributed by atoms with Crippen LogP contribution in [0.4, 0.5) is 5.82 Å². The van der Waals surface area contributed by atoms with Gasteiger partial charge in [0.25, 0.3) is 0 Å². The van der Waals surface area contributed by atoms with Gasteiger partial charge in [-0.25, -0.2) is 9.78 Å². The Morgan fingerprint density at radius 2 is 2.17 bits per heavy atom. The standard InChI is InChI=1S/C19H26N4O5S/c1-10(2)25-8-19-9-26-13(14(19)27-11(3)4)17(28-19)23-7-12(15(20)22-18(23)24)16-21-5-6-29-16/h5-7,10-11,13-14,17H,8-9H2,1-4H3,(H2,20,22,24)/t13-,14+,17-,19+/m1/s1. The lowest BCUT2D eigenvalue weighted by Crippen LogP contribution is -2.47. The van der Waals surface area contributed by atoms with E-state index in [9.17, 15) is 4.79 Å². The van der Waals surface area contributed by atoms with Crippen molar-refractivity contribution in [2.45, 2.75) is 63.9 Å². The van der Waals surface area contributed by atoms with Crippen LogP contribution in [0.5, 0.6) is 0 Å². The Balaban J connectivity index is 1.71. The van der Waals surface area contributed by atoms with E-state index in [1.54, 1.807) is 12.4 Å². The van der Waals surface area contributed by atoms with E-state index in [1.165, 1.54) is 15.9 Å². The average molecular weight is 423 g/mol. The van der Waals surface area contributed by atoms with Crippen molar-refractivity contribution < 1.29 is 18.9 Å². The Morgan fingerprint density at radius 1 is 1.38 bits per heavy atom. The molecule has 158 valence electrons. The molecule has 0 aliphatic carbocycles. The Morgan fingerprint density at radius 3 is 2.83 bits per heavy atom. The van der Waals surface area contributed by atoms with Gasteiger partial charge in [0.15, 0.2) is 6.23 Å². The zero-order valence-electron chi connectivity index (χ0n) is 16.9. The van der Waals surface area contributed by atoms with Gasteiger partial charge in [0, 0.05) is 17.8 Å². The molecular formula is C19H26N4O5S. The smallest absolute Gasteiger partial charge is 0.351 e. The molecule has 2 aliphatic heterocycles. The number of fused-ring (bicyclic) bond motifs is 2. The third-order valence-corrected chi connectivity index (χ3v) is 5.78. The second-order valence-electron chi connectivity index (χ2n) is 7.88. The van der Waals surface area contributed by atoms with E-state index in [0.717, 1.165) is 0 Å². The molecule has 9 nitrogen and oxygen atoms in total. The first kappa shape index (κ1) is 20.4. The fourth-order valence-corrected chi connectivity index (χ4v) is 4.36. The van der Waals surface area contributed by atoms with E-state index in [1.807, 2.05) is 33.1 Å². The molecule has 2 aromatic heterocycles. The monoisotopic (exact) mass is 422 g/mol. The van der Waals surface area contributed by atoms with Crippen LogP contribution in [0.3, 0.4) is 0 Å². The molecule has 2 N–H and O–H groups in total. The Labute approximate surface area is 172 Å². The van der Waals surface area contributed by atoms with E-state index in [-0.39, 0.29) is 24.1 Å². The van der Waals surface area contributed by atoms with E-state index < -0.39 is 23.6 Å². The van der Waals surface area contributed by atoms with Crippen LogP contribution in [-0.4, -0.2) is 57.8 Å². The first-order valence-electron chi connectivity index (χ1n) is 9.66. The lowest BCUT2D eigenvalue weighted by atomic mass is 9.99. The first-order chi connectivity index (χ1) is 13.8. The Hall–Kier alpha value is -1.85. The largest absolute Gasteiger partial charge is 0.383 e. The molecule has 2 saturated heterocycles. The second kappa shape index (κ2) is 7.77. The predicted octanol–water partition coefficient (Wildman–Crippen LogP) is 1.83. The van der Waals surface area contributed by atoms with Crippen molar-refractivity contribution in [1.82, 2.24) is 14.5 Å². The third kappa shape index (κ3) is 3.71. The number of thiazole rings is 1. The molecular weight excluding hydrogens is 396 g/mol. The molecule has 0 unspecified atom stereocenters. The highest BCUT2D eigenvalue weighted by Crippen LogP contribution is 2.47. The zero-order chi connectivity index (χ0) is 20.8. The fourth-order valence-electron chi connectivity index (χ4n) is 3.71. The van der Waals surface area contributed by atoms with Gasteiger partial charge >= 0.3 is 5.69 Å². The van der Waals surface area contributed by atoms with Crippen molar-refractivity contribution in [2.24, 2.45) is 0 Å². The van der Waals surface area contributed by atoms with Crippen molar-refractivity contribution in [3.05, 3.63) is 28.3 Å². The number of hydrogen-bond donors (Lipinski definition) is 1. The van der Waals surface area contributed by atoms with Crippen LogP contribution in [-0.2, 0) is 18.9 Å². The number of aromatic nitrogens is 3. The van der Waals surface area contributed by atoms with Gasteiger partial charge in [-0.3, -0.25) is 4.57 Å². The molecule has 2 bridgehead atoms. The van der Waals surface area contributed by atoms with Crippen LogP contribution in [0.25, 0.3) is 10.6 Å². The maximum Gasteiger partial charge on any atom is 0.351 e. The minimum absolute atomic E-state index is 0.0304. The summed E-state index contributed by atoms with van der Waals surface area (Å²) in [5.74, 6) is 0.137. The van der Waals surface area contributed by atoms with Crippen LogP contribution < -0.4 is 11.4 Å². The second-order valence-corrected chi connectivity index (χ2v) is 8.78. The number of rotatable bonds is 7. The fraction of sp³-hybridized carbons (Fsp3) is 0.632. The van der Waals surface area contributed by atoms with Gasteiger partial charge in [-0.05, 0) is 27.7 Å². The summed E-state index contributed by atoms with van der Waals surface area (Å²) in [7, 11) is 0. The molecule has 0 radical (unpaired) electrons. The van der Waals surface area contributed by atoms with Crippen LogP contribution in [0.1, 0.15) is 33.9 Å². The predicted molar refractivity (Wildman–Crippen MR) is 108 cm³/mol. The van der Waals surface area contributed by atoms with Crippen LogP contribution in [0.2, 0.25) is 0 Å². The van der Waals surface area contributed by atoms with Crippen molar-refractivity contribution in [2.75, 3.05) is 18.9 Å². The summed E-state index contributed by atoms with van der Waals surface area (Å²) in [4.78, 5) is 20.9. The number of ether oxygens (including phenoxy) is 4. The van der Waals surface area contributed by atoms with Gasteiger partial charge in [-0.15, -0.1) is 11.3 Å². The number of nitrogens with two attached hydrogens (primary N) is 1. The quantitative estimate of drug-likeness (QED) is 0.720.